The van der Waals surface area contributed by atoms with Gasteiger partial charge in [0.05, 0.1) is 0 Å². The van der Waals surface area contributed by atoms with Gasteiger partial charge in [0.1, 0.15) is 11.9 Å². The van der Waals surface area contributed by atoms with Gasteiger partial charge < -0.3 is 15.7 Å². The van der Waals surface area contributed by atoms with E-state index < -0.39 is 12.0 Å². The van der Waals surface area contributed by atoms with Gasteiger partial charge in [-0.1, -0.05) is 36.4 Å². The molecule has 6 nitrogen and oxygen atoms in total. The van der Waals surface area contributed by atoms with Gasteiger partial charge in [-0.3, -0.25) is 9.69 Å². The van der Waals surface area contributed by atoms with Crippen LogP contribution in [0.25, 0.3) is 0 Å². The van der Waals surface area contributed by atoms with E-state index >= 15 is 0 Å². The van der Waals surface area contributed by atoms with E-state index in [2.05, 4.69) is 27.7 Å². The third kappa shape index (κ3) is 5.18. The Kier molecular flexibility index (Phi) is 6.97. The lowest BCUT2D eigenvalue weighted by atomic mass is 10.1. The quantitative estimate of drug-likeness (QED) is 0.553. The summed E-state index contributed by atoms with van der Waals surface area (Å²) in [5.41, 5.74) is 3.37. The van der Waals surface area contributed by atoms with Crippen molar-refractivity contribution in [1.82, 2.24) is 15.2 Å². The molecule has 0 aliphatic carbocycles. The van der Waals surface area contributed by atoms with Crippen LogP contribution in [0.2, 0.25) is 0 Å². The van der Waals surface area contributed by atoms with Gasteiger partial charge in [0.2, 0.25) is 0 Å². The molecule has 0 spiro atoms. The molecule has 3 N–H and O–H groups in total. The summed E-state index contributed by atoms with van der Waals surface area (Å²) in [5.74, 6) is 0.309. The lowest BCUT2D eigenvalue weighted by molar-refractivity contribution is -0.143. The van der Waals surface area contributed by atoms with Crippen LogP contribution in [0.5, 0.6) is 0 Å². The average molecular weight is 409 g/mol. The van der Waals surface area contributed by atoms with Crippen LogP contribution in [0.1, 0.15) is 48.5 Å². The number of likely N-dealkylation sites (tertiary alicyclic amines) is 1. The lowest BCUT2D eigenvalue weighted by Gasteiger charge is -2.24. The van der Waals surface area contributed by atoms with Crippen LogP contribution in [0, 0.1) is 0 Å². The van der Waals surface area contributed by atoms with Crippen molar-refractivity contribution in [3.63, 3.8) is 0 Å². The Morgan fingerprint density at radius 2 is 2.10 bits per heavy atom. The van der Waals surface area contributed by atoms with Gasteiger partial charge in [-0.15, -0.1) is 0 Å². The van der Waals surface area contributed by atoms with Crippen LogP contribution < -0.4 is 10.6 Å². The van der Waals surface area contributed by atoms with E-state index in [9.17, 15) is 9.90 Å². The van der Waals surface area contributed by atoms with Crippen LogP contribution in [-0.2, 0) is 17.6 Å². The van der Waals surface area contributed by atoms with Gasteiger partial charge >= 0.3 is 5.97 Å². The molecule has 6 heteroatoms. The minimum absolute atomic E-state index is 0.363. The Morgan fingerprint density at radius 3 is 2.93 bits per heavy atom. The number of carbonyl (C=O) groups is 1. The molecule has 2 aliphatic rings. The number of unbranched alkanes of at least 4 members (excludes halogenated alkanes) is 1. The number of hydrogen-bond donors (Lipinski definition) is 3. The zero-order chi connectivity index (χ0) is 20.8. The Labute approximate surface area is 178 Å². The first-order valence-corrected chi connectivity index (χ1v) is 11.2. The number of nitrogens with one attached hydrogen (secondary N) is 2. The van der Waals surface area contributed by atoms with Crippen LogP contribution in [0.3, 0.4) is 0 Å². The molecule has 30 heavy (non-hydrogen) atoms. The number of carboxylic acid groups (broad SMARTS) is 1. The number of aryl methyl sites for hydroxylation is 2. The molecule has 2 aromatic rings. The van der Waals surface area contributed by atoms with E-state index in [1.165, 1.54) is 17.7 Å². The second-order valence-corrected chi connectivity index (χ2v) is 8.38. The number of hydrogen-bond acceptors (Lipinski definition) is 5. The van der Waals surface area contributed by atoms with E-state index in [4.69, 9.17) is 4.98 Å². The van der Waals surface area contributed by atoms with E-state index in [1.807, 2.05) is 30.3 Å². The molecule has 2 aliphatic heterocycles. The van der Waals surface area contributed by atoms with Crippen molar-refractivity contribution in [2.45, 2.75) is 50.6 Å². The van der Waals surface area contributed by atoms with Crippen molar-refractivity contribution in [1.29, 1.82) is 0 Å². The van der Waals surface area contributed by atoms with E-state index in [1.54, 1.807) is 0 Å². The van der Waals surface area contributed by atoms with Gasteiger partial charge in [-0.05, 0) is 62.3 Å². The minimum Gasteiger partial charge on any atom is -0.480 e. The SMILES string of the molecule is O=C(O)[C@@H](c1ccccc1)N1CC[C@@H](NCCCCc2ccc3c(n2)NCCC3)C1. The molecule has 3 heterocycles. The summed E-state index contributed by atoms with van der Waals surface area (Å²) in [4.78, 5) is 18.7. The maximum Gasteiger partial charge on any atom is 0.325 e. The molecule has 0 radical (unpaired) electrons. The summed E-state index contributed by atoms with van der Waals surface area (Å²) < 4.78 is 0. The number of benzene rings is 1. The highest BCUT2D eigenvalue weighted by molar-refractivity contribution is 5.75. The Hall–Kier alpha value is -2.44. The predicted octanol–water partition coefficient (Wildman–Crippen LogP) is 3.25. The fraction of sp³-hybridized carbons (Fsp3) is 0.500. The van der Waals surface area contributed by atoms with Crippen LogP contribution in [-0.4, -0.2) is 53.2 Å². The predicted molar refractivity (Wildman–Crippen MR) is 119 cm³/mol. The van der Waals surface area contributed by atoms with E-state index in [0.717, 1.165) is 69.7 Å². The van der Waals surface area contributed by atoms with Crippen molar-refractivity contribution in [3.8, 4) is 0 Å². The molecule has 0 saturated carbocycles. The first-order valence-electron chi connectivity index (χ1n) is 11.2. The second kappa shape index (κ2) is 10.0. The number of pyridine rings is 1. The highest BCUT2D eigenvalue weighted by atomic mass is 16.4. The number of aromatic nitrogens is 1. The number of nitrogens with zero attached hydrogens (tertiary/aromatic N) is 2. The maximum absolute atomic E-state index is 11.8. The number of anilines is 1. The summed E-state index contributed by atoms with van der Waals surface area (Å²) in [7, 11) is 0. The molecule has 0 unspecified atom stereocenters. The molecule has 0 bridgehead atoms. The molecule has 1 aromatic heterocycles. The summed E-state index contributed by atoms with van der Waals surface area (Å²) in [6.45, 7) is 3.59. The highest BCUT2D eigenvalue weighted by Crippen LogP contribution is 2.25. The molecule has 1 saturated heterocycles. The van der Waals surface area contributed by atoms with E-state index in [-0.39, 0.29) is 0 Å². The van der Waals surface area contributed by atoms with Crippen molar-refractivity contribution in [2.24, 2.45) is 0 Å². The van der Waals surface area contributed by atoms with Crippen molar-refractivity contribution < 1.29 is 9.90 Å². The summed E-state index contributed by atoms with van der Waals surface area (Å²) in [5, 5.41) is 16.8. The summed E-state index contributed by atoms with van der Waals surface area (Å²) in [6.07, 6.45) is 6.53. The largest absolute Gasteiger partial charge is 0.480 e. The van der Waals surface area contributed by atoms with Gasteiger partial charge in [-0.25, -0.2) is 4.98 Å². The highest BCUT2D eigenvalue weighted by Gasteiger charge is 2.33. The number of rotatable bonds is 9. The van der Waals surface area contributed by atoms with Gasteiger partial charge in [0.15, 0.2) is 0 Å². The van der Waals surface area contributed by atoms with Gasteiger partial charge in [0.25, 0.3) is 0 Å². The Bertz CT molecular complexity index is 842. The molecule has 1 aromatic carbocycles. The molecule has 0 amide bonds. The molecule has 1 fully saturated rings. The van der Waals surface area contributed by atoms with Crippen LogP contribution >= 0.6 is 0 Å². The molecule has 160 valence electrons. The fourth-order valence-electron chi connectivity index (χ4n) is 4.58. The van der Waals surface area contributed by atoms with E-state index in [0.29, 0.717) is 6.04 Å². The van der Waals surface area contributed by atoms with Gasteiger partial charge in [0, 0.05) is 31.4 Å². The van der Waals surface area contributed by atoms with Crippen molar-refractivity contribution in [3.05, 3.63) is 59.3 Å². The third-order valence-corrected chi connectivity index (χ3v) is 6.18. The second-order valence-electron chi connectivity index (χ2n) is 8.38. The van der Waals surface area contributed by atoms with Crippen LogP contribution in [0.15, 0.2) is 42.5 Å². The zero-order valence-corrected chi connectivity index (χ0v) is 17.5. The van der Waals surface area contributed by atoms with Crippen molar-refractivity contribution in [2.75, 3.05) is 31.5 Å². The first kappa shape index (κ1) is 20.8. The number of carboxylic acids is 1. The summed E-state index contributed by atoms with van der Waals surface area (Å²) >= 11 is 0. The topological polar surface area (TPSA) is 77.5 Å². The first-order chi connectivity index (χ1) is 14.7. The molecule has 4 rings (SSSR count). The summed E-state index contributed by atoms with van der Waals surface area (Å²) in [6, 6.07) is 13.8. The number of aliphatic carboxylic acids is 1. The zero-order valence-electron chi connectivity index (χ0n) is 17.5. The molecular weight excluding hydrogens is 376 g/mol. The maximum atomic E-state index is 11.8. The van der Waals surface area contributed by atoms with Crippen molar-refractivity contribution >= 4 is 11.8 Å². The standard InChI is InChI=1S/C24H32N4O2/c29-24(30)22(18-7-2-1-3-8-18)28-16-13-21(17-28)25-14-5-4-10-20-12-11-19-9-6-15-26-23(19)27-20/h1-3,7-8,11-12,21-22,25H,4-6,9-10,13-17H2,(H,26,27)(H,29,30)/t21-,22-/m1/s1. The normalized spacial score (nSPS) is 19.8. The average Bonchev–Trinajstić information content (AvgIpc) is 3.22. The number of fused-ring (bicyclic) bond motifs is 1. The molecular formula is C24H32N4O2. The Balaban J connectivity index is 1.19. The van der Waals surface area contributed by atoms with Crippen LogP contribution in [0.4, 0.5) is 5.82 Å². The lowest BCUT2D eigenvalue weighted by Crippen LogP contribution is -2.37. The fourth-order valence-corrected chi connectivity index (χ4v) is 4.58. The minimum atomic E-state index is -0.770. The monoisotopic (exact) mass is 408 g/mol. The van der Waals surface area contributed by atoms with Gasteiger partial charge in [-0.2, -0.15) is 0 Å². The third-order valence-electron chi connectivity index (χ3n) is 6.18. The molecule has 2 atom stereocenters. The smallest absolute Gasteiger partial charge is 0.325 e. The Morgan fingerprint density at radius 1 is 1.23 bits per heavy atom.